The first-order chi connectivity index (χ1) is 8.00. The second-order valence-corrected chi connectivity index (χ2v) is 7.27. The van der Waals surface area contributed by atoms with Crippen LogP contribution in [0.3, 0.4) is 0 Å². The molecule has 0 aromatic rings. The maximum absolute atomic E-state index is 11.9. The van der Waals surface area contributed by atoms with Crippen molar-refractivity contribution in [1.82, 2.24) is 5.32 Å². The van der Waals surface area contributed by atoms with Crippen molar-refractivity contribution in [2.75, 3.05) is 11.9 Å². The molecule has 17 heavy (non-hydrogen) atoms. The van der Waals surface area contributed by atoms with Gasteiger partial charge in [0.2, 0.25) is 5.91 Å². The lowest BCUT2D eigenvalue weighted by Gasteiger charge is -2.24. The summed E-state index contributed by atoms with van der Waals surface area (Å²) in [5, 5.41) is 4.02. The Morgan fingerprint density at radius 3 is 2.65 bits per heavy atom. The fraction of sp³-hybridized carbons (Fsp3) is 0.929. The smallest absolute Gasteiger partial charge is 0.220 e. The third-order valence-electron chi connectivity index (χ3n) is 4.46. The summed E-state index contributed by atoms with van der Waals surface area (Å²) in [6.07, 6.45) is 6.25. The molecule has 98 valence electrons. The normalized spacial score (nSPS) is 31.8. The van der Waals surface area contributed by atoms with Gasteiger partial charge in [-0.25, -0.2) is 0 Å². The van der Waals surface area contributed by atoms with Gasteiger partial charge < -0.3 is 5.32 Å². The van der Waals surface area contributed by atoms with Gasteiger partial charge in [0, 0.05) is 18.3 Å². The molecule has 0 radical (unpaired) electrons. The van der Waals surface area contributed by atoms with Crippen LogP contribution in [0.1, 0.15) is 46.0 Å². The summed E-state index contributed by atoms with van der Waals surface area (Å²) in [5.41, 5.74) is 0.157. The van der Waals surface area contributed by atoms with E-state index in [1.54, 1.807) is 0 Å². The molecule has 3 heteroatoms. The lowest BCUT2D eigenvalue weighted by atomic mass is 9.86. The number of amides is 1. The van der Waals surface area contributed by atoms with Gasteiger partial charge in [0.25, 0.3) is 0 Å². The van der Waals surface area contributed by atoms with Crippen LogP contribution in [0, 0.1) is 23.2 Å². The monoisotopic (exact) mass is 301 g/mol. The van der Waals surface area contributed by atoms with Gasteiger partial charge in [0.15, 0.2) is 0 Å². The van der Waals surface area contributed by atoms with Crippen molar-refractivity contribution < 1.29 is 4.79 Å². The molecule has 3 atom stereocenters. The molecule has 0 aliphatic heterocycles. The second-order valence-electron chi connectivity index (χ2n) is 6.71. The van der Waals surface area contributed by atoms with Crippen LogP contribution < -0.4 is 5.32 Å². The summed E-state index contributed by atoms with van der Waals surface area (Å²) in [6, 6.07) is 0. The van der Waals surface area contributed by atoms with Gasteiger partial charge in [-0.1, -0.05) is 36.2 Å². The van der Waals surface area contributed by atoms with Crippen molar-refractivity contribution in [1.29, 1.82) is 0 Å². The van der Waals surface area contributed by atoms with E-state index in [-0.39, 0.29) is 11.3 Å². The summed E-state index contributed by atoms with van der Waals surface area (Å²) in [4.78, 5) is 11.9. The number of carbonyl (C=O) groups excluding carboxylic acids is 1. The minimum atomic E-state index is 0.157. The topological polar surface area (TPSA) is 29.1 Å². The van der Waals surface area contributed by atoms with E-state index in [1.807, 2.05) is 0 Å². The molecule has 2 aliphatic carbocycles. The molecule has 0 saturated heterocycles. The average Bonchev–Trinajstić information content (AvgIpc) is 2.88. The maximum atomic E-state index is 11.9. The van der Waals surface area contributed by atoms with Crippen LogP contribution in [0.15, 0.2) is 0 Å². The largest absolute Gasteiger partial charge is 0.356 e. The predicted octanol–water partition coefficient (Wildman–Crippen LogP) is 3.35. The molecule has 2 rings (SSSR count). The maximum Gasteiger partial charge on any atom is 0.220 e. The minimum Gasteiger partial charge on any atom is -0.356 e. The molecule has 2 nitrogen and oxygen atoms in total. The number of carbonyl (C=O) groups is 1. The summed E-state index contributed by atoms with van der Waals surface area (Å²) in [7, 11) is 0. The van der Waals surface area contributed by atoms with E-state index >= 15 is 0 Å². The highest BCUT2D eigenvalue weighted by molar-refractivity contribution is 9.09. The Bertz CT molecular complexity index is 290. The second kappa shape index (κ2) is 5.29. The number of rotatable bonds is 5. The Morgan fingerprint density at radius 2 is 2.12 bits per heavy atom. The van der Waals surface area contributed by atoms with E-state index in [1.165, 1.54) is 25.7 Å². The Balaban J connectivity index is 1.71. The van der Waals surface area contributed by atoms with Gasteiger partial charge in [0.05, 0.1) is 0 Å². The van der Waals surface area contributed by atoms with Gasteiger partial charge >= 0.3 is 0 Å². The molecule has 3 unspecified atom stereocenters. The predicted molar refractivity (Wildman–Crippen MR) is 74.1 cm³/mol. The van der Waals surface area contributed by atoms with Crippen LogP contribution in [0.4, 0.5) is 0 Å². The van der Waals surface area contributed by atoms with Crippen molar-refractivity contribution in [3.8, 4) is 0 Å². The summed E-state index contributed by atoms with van der Waals surface area (Å²) in [6.45, 7) is 5.11. The van der Waals surface area contributed by atoms with Crippen molar-refractivity contribution in [3.05, 3.63) is 0 Å². The van der Waals surface area contributed by atoms with Crippen LogP contribution >= 0.6 is 15.9 Å². The first-order valence-electron chi connectivity index (χ1n) is 6.83. The van der Waals surface area contributed by atoms with Crippen molar-refractivity contribution in [2.45, 2.75) is 46.0 Å². The van der Waals surface area contributed by atoms with E-state index in [0.717, 1.165) is 30.1 Å². The number of hydrogen-bond acceptors (Lipinski definition) is 1. The Hall–Kier alpha value is -0.0500. The van der Waals surface area contributed by atoms with E-state index in [0.29, 0.717) is 5.92 Å². The van der Waals surface area contributed by atoms with Gasteiger partial charge in [-0.15, -0.1) is 0 Å². The first kappa shape index (κ1) is 13.4. The number of halogens is 1. The highest BCUT2D eigenvalue weighted by Gasteiger charge is 2.40. The zero-order chi connectivity index (χ0) is 12.5. The van der Waals surface area contributed by atoms with E-state index in [9.17, 15) is 4.79 Å². The van der Waals surface area contributed by atoms with Gasteiger partial charge in [-0.3, -0.25) is 4.79 Å². The van der Waals surface area contributed by atoms with E-state index < -0.39 is 0 Å². The SMILES string of the molecule is CC(C)(CBr)CNC(=O)CC1CC2CCC1C2. The number of nitrogens with one attached hydrogen (secondary N) is 1. The lowest BCUT2D eigenvalue weighted by molar-refractivity contribution is -0.122. The molecule has 1 N–H and O–H groups in total. The molecule has 0 heterocycles. The van der Waals surface area contributed by atoms with Crippen LogP contribution in [0.2, 0.25) is 0 Å². The molecule has 0 aromatic heterocycles. The van der Waals surface area contributed by atoms with Crippen LogP contribution in [0.25, 0.3) is 0 Å². The van der Waals surface area contributed by atoms with Gasteiger partial charge in [-0.2, -0.15) is 0 Å². The van der Waals surface area contributed by atoms with Crippen LogP contribution in [-0.4, -0.2) is 17.8 Å². The Morgan fingerprint density at radius 1 is 1.35 bits per heavy atom. The highest BCUT2D eigenvalue weighted by atomic mass is 79.9. The Labute approximate surface area is 113 Å². The van der Waals surface area contributed by atoms with Crippen molar-refractivity contribution in [3.63, 3.8) is 0 Å². The van der Waals surface area contributed by atoms with Gasteiger partial charge in [0.1, 0.15) is 0 Å². The summed E-state index contributed by atoms with van der Waals surface area (Å²) >= 11 is 3.48. The van der Waals surface area contributed by atoms with Crippen molar-refractivity contribution in [2.24, 2.45) is 23.2 Å². The molecule has 2 saturated carbocycles. The molecule has 2 bridgehead atoms. The lowest BCUT2D eigenvalue weighted by Crippen LogP contribution is -2.36. The fourth-order valence-electron chi connectivity index (χ4n) is 3.32. The molecule has 2 fully saturated rings. The summed E-state index contributed by atoms with van der Waals surface area (Å²) in [5.74, 6) is 2.74. The number of hydrogen-bond donors (Lipinski definition) is 1. The van der Waals surface area contributed by atoms with Crippen molar-refractivity contribution >= 4 is 21.8 Å². The van der Waals surface area contributed by atoms with Gasteiger partial charge in [-0.05, 0) is 42.4 Å². The molecule has 1 amide bonds. The Kier molecular flexibility index (Phi) is 4.17. The molecular weight excluding hydrogens is 278 g/mol. The first-order valence-corrected chi connectivity index (χ1v) is 7.95. The van der Waals surface area contributed by atoms with Crippen LogP contribution in [-0.2, 0) is 4.79 Å². The highest BCUT2D eigenvalue weighted by Crippen LogP contribution is 2.49. The zero-order valence-corrected chi connectivity index (χ0v) is 12.6. The minimum absolute atomic E-state index is 0.157. The van der Waals surface area contributed by atoms with E-state index in [2.05, 4.69) is 35.1 Å². The number of fused-ring (bicyclic) bond motifs is 2. The molecular formula is C14H24BrNO. The zero-order valence-electron chi connectivity index (χ0n) is 11.0. The molecule has 0 aromatic carbocycles. The quantitative estimate of drug-likeness (QED) is 0.775. The molecule has 2 aliphatic rings. The standard InChI is InChI=1S/C14H24BrNO/c1-14(2,8-15)9-16-13(17)7-12-6-10-3-4-11(12)5-10/h10-12H,3-9H2,1-2H3,(H,16,17). The van der Waals surface area contributed by atoms with Crippen LogP contribution in [0.5, 0.6) is 0 Å². The van der Waals surface area contributed by atoms with E-state index in [4.69, 9.17) is 0 Å². The third-order valence-corrected chi connectivity index (χ3v) is 5.98. The summed E-state index contributed by atoms with van der Waals surface area (Å²) < 4.78 is 0. The molecule has 0 spiro atoms. The third kappa shape index (κ3) is 3.46. The number of alkyl halides is 1. The fourth-order valence-corrected chi connectivity index (χ4v) is 3.52. The average molecular weight is 302 g/mol.